The molecule has 2 aromatic carbocycles. The largest absolute Gasteiger partial charge is 0.497 e. The fourth-order valence-corrected chi connectivity index (χ4v) is 2.58. The van der Waals surface area contributed by atoms with Crippen LogP contribution in [0.1, 0.15) is 0 Å². The zero-order valence-electron chi connectivity index (χ0n) is 11.6. The Hall–Kier alpha value is -2.74. The quantitative estimate of drug-likeness (QED) is 0.818. The Morgan fingerprint density at radius 2 is 1.55 bits per heavy atom. The summed E-state index contributed by atoms with van der Waals surface area (Å²) in [6.45, 7) is 0. The fourth-order valence-electron chi connectivity index (χ4n) is 1.65. The second-order valence-corrected chi connectivity index (χ2v) is 5.77. The first-order valence-electron chi connectivity index (χ1n) is 6.16. The number of urea groups is 1. The molecule has 0 aromatic heterocycles. The molecule has 0 aliphatic rings. The highest BCUT2D eigenvalue weighted by Gasteiger charge is 2.16. The minimum atomic E-state index is -3.94. The van der Waals surface area contributed by atoms with Crippen molar-refractivity contribution >= 4 is 21.8 Å². The molecule has 8 heteroatoms. The van der Waals surface area contributed by atoms with Crippen LogP contribution in [0.4, 0.5) is 10.5 Å². The number of hydrogen-bond acceptors (Lipinski definition) is 5. The number of anilines is 1. The lowest BCUT2D eigenvalue weighted by atomic mass is 10.3. The summed E-state index contributed by atoms with van der Waals surface area (Å²) in [6, 6.07) is 10.9. The van der Waals surface area contributed by atoms with E-state index >= 15 is 0 Å². The van der Waals surface area contributed by atoms with Gasteiger partial charge in [-0.3, -0.25) is 0 Å². The predicted octanol–water partition coefficient (Wildman–Crippen LogP) is 1.95. The summed E-state index contributed by atoms with van der Waals surface area (Å²) in [5.41, 5.74) is 5.41. The van der Waals surface area contributed by atoms with E-state index in [0.717, 1.165) is 0 Å². The molecule has 0 fully saturated rings. The van der Waals surface area contributed by atoms with Gasteiger partial charge in [-0.25, -0.2) is 4.79 Å². The first kappa shape index (κ1) is 15.6. The zero-order chi connectivity index (χ0) is 16.2. The molecular weight excluding hydrogens is 308 g/mol. The van der Waals surface area contributed by atoms with Crippen LogP contribution in [0, 0.1) is 0 Å². The van der Waals surface area contributed by atoms with Gasteiger partial charge in [0.2, 0.25) is 0 Å². The van der Waals surface area contributed by atoms with Gasteiger partial charge in [0.1, 0.15) is 16.4 Å². The number of benzene rings is 2. The molecule has 2 aromatic rings. The molecule has 7 nitrogen and oxygen atoms in total. The van der Waals surface area contributed by atoms with Crippen molar-refractivity contribution in [2.24, 2.45) is 5.73 Å². The first-order valence-corrected chi connectivity index (χ1v) is 7.56. The number of carbonyl (C=O) groups is 1. The van der Waals surface area contributed by atoms with Crippen molar-refractivity contribution in [3.05, 3.63) is 48.5 Å². The molecule has 3 N–H and O–H groups in total. The lowest BCUT2D eigenvalue weighted by Crippen LogP contribution is -2.19. The highest BCUT2D eigenvalue weighted by molar-refractivity contribution is 7.87. The van der Waals surface area contributed by atoms with Gasteiger partial charge in [0.25, 0.3) is 0 Å². The second kappa shape index (κ2) is 6.35. The molecule has 2 rings (SSSR count). The third kappa shape index (κ3) is 3.89. The van der Waals surface area contributed by atoms with Crippen LogP contribution in [0.3, 0.4) is 0 Å². The topological polar surface area (TPSA) is 108 Å². The van der Waals surface area contributed by atoms with Gasteiger partial charge in [-0.05, 0) is 48.5 Å². The third-order valence-corrected chi connectivity index (χ3v) is 3.94. The van der Waals surface area contributed by atoms with Gasteiger partial charge in [0.05, 0.1) is 7.11 Å². The van der Waals surface area contributed by atoms with Crippen LogP contribution < -0.4 is 20.0 Å². The molecule has 0 atom stereocenters. The van der Waals surface area contributed by atoms with Crippen LogP contribution >= 0.6 is 0 Å². The minimum absolute atomic E-state index is 0.00707. The van der Waals surface area contributed by atoms with Crippen molar-refractivity contribution in [2.75, 3.05) is 12.4 Å². The molecule has 22 heavy (non-hydrogen) atoms. The number of hydrogen-bond donors (Lipinski definition) is 2. The van der Waals surface area contributed by atoms with E-state index in [-0.39, 0.29) is 10.6 Å². The highest BCUT2D eigenvalue weighted by atomic mass is 32.2. The molecule has 0 saturated heterocycles. The maximum atomic E-state index is 12.1. The van der Waals surface area contributed by atoms with Gasteiger partial charge in [-0.2, -0.15) is 8.42 Å². The van der Waals surface area contributed by atoms with E-state index in [2.05, 4.69) is 5.32 Å². The predicted molar refractivity (Wildman–Crippen MR) is 80.5 cm³/mol. The SMILES string of the molecule is COc1ccc(S(=O)(=O)Oc2ccc(NC(N)=O)cc2)cc1. The van der Waals surface area contributed by atoms with Crippen molar-refractivity contribution in [1.82, 2.24) is 0 Å². The minimum Gasteiger partial charge on any atom is -0.497 e. The van der Waals surface area contributed by atoms with Crippen LogP contribution in [0.15, 0.2) is 53.4 Å². The number of ether oxygens (including phenoxy) is 1. The van der Waals surface area contributed by atoms with Crippen molar-refractivity contribution in [3.63, 3.8) is 0 Å². The summed E-state index contributed by atoms with van der Waals surface area (Å²) in [5.74, 6) is 0.659. The van der Waals surface area contributed by atoms with Gasteiger partial charge in [0.15, 0.2) is 0 Å². The summed E-state index contributed by atoms with van der Waals surface area (Å²) >= 11 is 0. The fraction of sp³-hybridized carbons (Fsp3) is 0.0714. The van der Waals surface area contributed by atoms with E-state index in [0.29, 0.717) is 11.4 Å². The molecule has 0 aliphatic heterocycles. The van der Waals surface area contributed by atoms with E-state index in [9.17, 15) is 13.2 Å². The maximum absolute atomic E-state index is 12.1. The summed E-state index contributed by atoms with van der Waals surface area (Å²) in [6.07, 6.45) is 0. The molecule has 2 amide bonds. The lowest BCUT2D eigenvalue weighted by Gasteiger charge is -2.08. The molecule has 0 heterocycles. The number of primary amides is 1. The first-order chi connectivity index (χ1) is 10.4. The summed E-state index contributed by atoms with van der Waals surface area (Å²) in [5, 5.41) is 2.36. The van der Waals surface area contributed by atoms with Crippen LogP contribution in [0.25, 0.3) is 0 Å². The maximum Gasteiger partial charge on any atom is 0.339 e. The molecule has 0 aliphatic carbocycles. The Morgan fingerprint density at radius 3 is 2.05 bits per heavy atom. The Labute approximate surface area is 127 Å². The van der Waals surface area contributed by atoms with Crippen LogP contribution in [0.5, 0.6) is 11.5 Å². The van der Waals surface area contributed by atoms with Crippen molar-refractivity contribution in [2.45, 2.75) is 4.90 Å². The lowest BCUT2D eigenvalue weighted by molar-refractivity contribution is 0.259. The normalized spacial score (nSPS) is 10.8. The molecule has 0 bridgehead atoms. The Kier molecular flexibility index (Phi) is 4.52. The van der Waals surface area contributed by atoms with E-state index in [1.165, 1.54) is 55.6 Å². The molecule has 0 unspecified atom stereocenters. The van der Waals surface area contributed by atoms with E-state index in [1.54, 1.807) is 0 Å². The Morgan fingerprint density at radius 1 is 1.00 bits per heavy atom. The number of methoxy groups -OCH3 is 1. The van der Waals surface area contributed by atoms with Crippen molar-refractivity contribution in [3.8, 4) is 11.5 Å². The molecule has 0 radical (unpaired) electrons. The number of nitrogens with two attached hydrogens (primary N) is 1. The van der Waals surface area contributed by atoms with E-state index in [1.807, 2.05) is 0 Å². The zero-order valence-corrected chi connectivity index (χ0v) is 12.5. The number of carbonyl (C=O) groups excluding carboxylic acids is 1. The highest BCUT2D eigenvalue weighted by Crippen LogP contribution is 2.22. The second-order valence-electron chi connectivity index (χ2n) is 4.23. The molecule has 0 saturated carbocycles. The summed E-state index contributed by atoms with van der Waals surface area (Å²) < 4.78 is 34.2. The van der Waals surface area contributed by atoms with Crippen LogP contribution in [-0.2, 0) is 10.1 Å². The Balaban J connectivity index is 2.15. The van der Waals surface area contributed by atoms with Gasteiger partial charge in [0, 0.05) is 5.69 Å². The standard InChI is InChI=1S/C14H14N2O5S/c1-20-11-6-8-13(9-7-11)22(18,19)21-12-4-2-10(3-5-12)16-14(15)17/h2-9H,1H3,(H3,15,16,17). The van der Waals surface area contributed by atoms with Gasteiger partial charge < -0.3 is 20.0 Å². The molecule has 116 valence electrons. The third-order valence-electron chi connectivity index (χ3n) is 2.68. The average Bonchev–Trinajstić information content (AvgIpc) is 2.48. The smallest absolute Gasteiger partial charge is 0.339 e. The van der Waals surface area contributed by atoms with E-state index in [4.69, 9.17) is 14.7 Å². The molecular formula is C14H14N2O5S. The monoisotopic (exact) mass is 322 g/mol. The number of rotatable bonds is 5. The van der Waals surface area contributed by atoms with Crippen molar-refractivity contribution in [1.29, 1.82) is 0 Å². The van der Waals surface area contributed by atoms with Crippen molar-refractivity contribution < 1.29 is 22.1 Å². The van der Waals surface area contributed by atoms with Gasteiger partial charge >= 0.3 is 16.1 Å². The van der Waals surface area contributed by atoms with Crippen LogP contribution in [-0.4, -0.2) is 21.6 Å². The molecule has 0 spiro atoms. The summed E-state index contributed by atoms with van der Waals surface area (Å²) in [4.78, 5) is 10.7. The van der Waals surface area contributed by atoms with E-state index < -0.39 is 16.1 Å². The summed E-state index contributed by atoms with van der Waals surface area (Å²) in [7, 11) is -2.45. The number of amides is 2. The van der Waals surface area contributed by atoms with Gasteiger partial charge in [-0.15, -0.1) is 0 Å². The average molecular weight is 322 g/mol. The Bertz CT molecular complexity index is 755. The van der Waals surface area contributed by atoms with Gasteiger partial charge in [-0.1, -0.05) is 0 Å². The van der Waals surface area contributed by atoms with Crippen LogP contribution in [0.2, 0.25) is 0 Å². The number of nitrogens with one attached hydrogen (secondary N) is 1.